The summed E-state index contributed by atoms with van der Waals surface area (Å²) in [5.74, 6) is -1.33. The molecule has 10 heteroatoms. The van der Waals surface area contributed by atoms with Crippen LogP contribution in [0.2, 0.25) is 0 Å². The molecule has 0 bridgehead atoms. The molecule has 1 aliphatic rings. The highest BCUT2D eigenvalue weighted by molar-refractivity contribution is 6.19. The lowest BCUT2D eigenvalue weighted by atomic mass is 9.81. The topological polar surface area (TPSA) is 125 Å². The minimum absolute atomic E-state index is 0.0696. The van der Waals surface area contributed by atoms with E-state index in [1.54, 1.807) is 63.6 Å². The molecular formula is C28H33N5O5. The van der Waals surface area contributed by atoms with Gasteiger partial charge in [0.15, 0.2) is 0 Å². The Labute approximate surface area is 221 Å². The van der Waals surface area contributed by atoms with Gasteiger partial charge in [0.05, 0.1) is 10.9 Å². The van der Waals surface area contributed by atoms with E-state index in [0.29, 0.717) is 48.0 Å². The first-order chi connectivity index (χ1) is 18.1. The Bertz CT molecular complexity index is 1370. The number of nitrogens with one attached hydrogen (secondary N) is 2. The number of benzene rings is 1. The van der Waals surface area contributed by atoms with Crippen molar-refractivity contribution in [2.75, 3.05) is 38.8 Å². The third kappa shape index (κ3) is 5.53. The number of aryl methyl sites for hydroxylation is 1. The fourth-order valence-corrected chi connectivity index (χ4v) is 4.75. The molecule has 0 saturated heterocycles. The molecule has 1 fully saturated rings. The molecule has 2 heterocycles. The average molecular weight is 520 g/mol. The van der Waals surface area contributed by atoms with E-state index in [0.717, 1.165) is 5.56 Å². The van der Waals surface area contributed by atoms with Gasteiger partial charge in [-0.25, -0.2) is 4.98 Å². The monoisotopic (exact) mass is 519 g/mol. The molecule has 0 unspecified atom stereocenters. The second-order valence-corrected chi connectivity index (χ2v) is 10.1. The van der Waals surface area contributed by atoms with E-state index in [1.165, 1.54) is 4.90 Å². The van der Waals surface area contributed by atoms with Crippen LogP contribution < -0.4 is 10.6 Å². The van der Waals surface area contributed by atoms with Crippen LogP contribution in [0, 0.1) is 18.8 Å². The predicted octanol–water partition coefficient (Wildman–Crippen LogP) is 3.92. The van der Waals surface area contributed by atoms with Gasteiger partial charge in [0.25, 0.3) is 11.8 Å². The molecular weight excluding hydrogens is 486 g/mol. The van der Waals surface area contributed by atoms with Crippen molar-refractivity contribution in [2.45, 2.75) is 32.6 Å². The summed E-state index contributed by atoms with van der Waals surface area (Å²) in [5.41, 5.74) is 1.69. The van der Waals surface area contributed by atoms with E-state index in [2.05, 4.69) is 15.6 Å². The summed E-state index contributed by atoms with van der Waals surface area (Å²) in [6, 6.07) is 8.44. The van der Waals surface area contributed by atoms with Crippen LogP contribution in [-0.2, 0) is 9.59 Å². The van der Waals surface area contributed by atoms with Crippen LogP contribution in [-0.4, -0.2) is 66.6 Å². The van der Waals surface area contributed by atoms with E-state index in [-0.39, 0.29) is 41.0 Å². The molecule has 3 aromatic rings. The summed E-state index contributed by atoms with van der Waals surface area (Å²) in [6.07, 6.45) is 3.94. The molecule has 4 amide bonds. The Hall–Kier alpha value is -4.21. The number of pyridine rings is 1. The summed E-state index contributed by atoms with van der Waals surface area (Å²) < 4.78 is 5.92. The van der Waals surface area contributed by atoms with Crippen LogP contribution in [0.4, 0.5) is 11.5 Å². The fourth-order valence-electron chi connectivity index (χ4n) is 4.75. The molecule has 1 saturated carbocycles. The molecule has 0 atom stereocenters. The number of amides is 4. The second kappa shape index (κ2) is 11.0. The highest BCUT2D eigenvalue weighted by atomic mass is 16.3. The zero-order valence-corrected chi connectivity index (χ0v) is 22.3. The number of furan rings is 1. The fraction of sp³-hybridized carbons (Fsp3) is 0.393. The average Bonchev–Trinajstić information content (AvgIpc) is 3.27. The van der Waals surface area contributed by atoms with Gasteiger partial charge in [-0.15, -0.1) is 0 Å². The molecule has 2 N–H and O–H groups in total. The van der Waals surface area contributed by atoms with Crippen LogP contribution in [0.3, 0.4) is 0 Å². The van der Waals surface area contributed by atoms with Gasteiger partial charge in [-0.05, 0) is 56.4 Å². The smallest absolute Gasteiger partial charge is 0.294 e. The summed E-state index contributed by atoms with van der Waals surface area (Å²) in [7, 11) is 6.72. The van der Waals surface area contributed by atoms with E-state index >= 15 is 0 Å². The van der Waals surface area contributed by atoms with Crippen molar-refractivity contribution in [3.8, 4) is 0 Å². The molecule has 38 heavy (non-hydrogen) atoms. The molecule has 2 aromatic heterocycles. The number of aromatic nitrogens is 1. The predicted molar refractivity (Wildman–Crippen MR) is 144 cm³/mol. The van der Waals surface area contributed by atoms with Crippen LogP contribution in [0.25, 0.3) is 11.0 Å². The Morgan fingerprint density at radius 1 is 0.895 bits per heavy atom. The third-order valence-corrected chi connectivity index (χ3v) is 6.85. The summed E-state index contributed by atoms with van der Waals surface area (Å²) >= 11 is 0. The van der Waals surface area contributed by atoms with Crippen molar-refractivity contribution in [1.82, 2.24) is 14.8 Å². The van der Waals surface area contributed by atoms with Crippen molar-refractivity contribution in [1.29, 1.82) is 0 Å². The van der Waals surface area contributed by atoms with Crippen LogP contribution in [0.5, 0.6) is 0 Å². The number of hydrogen-bond donors (Lipinski definition) is 2. The lowest BCUT2D eigenvalue weighted by Crippen LogP contribution is -2.35. The lowest BCUT2D eigenvalue weighted by Gasteiger charge is -2.28. The summed E-state index contributed by atoms with van der Waals surface area (Å²) in [5, 5.41) is 5.97. The van der Waals surface area contributed by atoms with Gasteiger partial charge in [0.1, 0.15) is 17.1 Å². The van der Waals surface area contributed by atoms with Gasteiger partial charge in [0, 0.05) is 46.2 Å². The van der Waals surface area contributed by atoms with E-state index in [4.69, 9.17) is 4.42 Å². The normalized spacial score (nSPS) is 17.1. The zero-order valence-electron chi connectivity index (χ0n) is 22.3. The van der Waals surface area contributed by atoms with E-state index in [9.17, 15) is 19.2 Å². The van der Waals surface area contributed by atoms with Crippen molar-refractivity contribution in [3.63, 3.8) is 0 Å². The minimum atomic E-state index is -0.601. The molecule has 200 valence electrons. The Morgan fingerprint density at radius 2 is 1.58 bits per heavy atom. The Kier molecular flexibility index (Phi) is 7.80. The number of hydrogen-bond acceptors (Lipinski definition) is 6. The van der Waals surface area contributed by atoms with E-state index < -0.39 is 5.91 Å². The summed E-state index contributed by atoms with van der Waals surface area (Å²) in [4.78, 5) is 59.3. The largest absolute Gasteiger partial charge is 0.449 e. The lowest BCUT2D eigenvalue weighted by molar-refractivity contribution is -0.135. The van der Waals surface area contributed by atoms with Gasteiger partial charge in [0.2, 0.25) is 17.6 Å². The number of fused-ring (bicyclic) bond motifs is 1. The van der Waals surface area contributed by atoms with Gasteiger partial charge in [-0.1, -0.05) is 12.1 Å². The van der Waals surface area contributed by atoms with Crippen molar-refractivity contribution in [3.05, 3.63) is 53.4 Å². The van der Waals surface area contributed by atoms with Crippen LogP contribution in [0.15, 0.2) is 40.9 Å². The Balaban J connectivity index is 1.67. The van der Waals surface area contributed by atoms with E-state index in [1.807, 2.05) is 13.0 Å². The number of anilines is 2. The zero-order chi connectivity index (χ0) is 27.6. The number of carbonyl (C=O) groups excluding carboxylic acids is 4. The highest BCUT2D eigenvalue weighted by Crippen LogP contribution is 2.37. The van der Waals surface area contributed by atoms with Gasteiger partial charge in [-0.3, -0.25) is 19.2 Å². The van der Waals surface area contributed by atoms with Crippen molar-refractivity contribution >= 4 is 46.1 Å². The number of rotatable bonds is 6. The molecule has 1 aromatic carbocycles. The first-order valence-electron chi connectivity index (χ1n) is 12.6. The number of nitrogens with zero attached hydrogens (tertiary/aromatic N) is 3. The Morgan fingerprint density at radius 3 is 2.18 bits per heavy atom. The molecule has 1 aliphatic carbocycles. The summed E-state index contributed by atoms with van der Waals surface area (Å²) in [6.45, 7) is 1.89. The first-order valence-corrected chi connectivity index (χ1v) is 12.6. The minimum Gasteiger partial charge on any atom is -0.449 e. The maximum atomic E-state index is 13.4. The maximum absolute atomic E-state index is 13.4. The SMILES string of the molecule is Cc1ccc(NC(=O)c2oc3cccc(C(=O)N(C)C)c3c2NC(=O)C2CCC(C(=O)N(C)C)CC2)nc1. The number of carbonyl (C=O) groups is 4. The molecule has 0 spiro atoms. The maximum Gasteiger partial charge on any atom is 0.294 e. The van der Waals surface area contributed by atoms with Gasteiger partial charge in [-0.2, -0.15) is 0 Å². The van der Waals surface area contributed by atoms with Gasteiger partial charge >= 0.3 is 0 Å². The van der Waals surface area contributed by atoms with Gasteiger partial charge < -0.3 is 24.9 Å². The molecule has 10 nitrogen and oxygen atoms in total. The van der Waals surface area contributed by atoms with Crippen LogP contribution in [0.1, 0.15) is 52.2 Å². The molecule has 4 rings (SSSR count). The molecule has 0 radical (unpaired) electrons. The third-order valence-electron chi connectivity index (χ3n) is 6.85. The van der Waals surface area contributed by atoms with Crippen molar-refractivity contribution in [2.24, 2.45) is 11.8 Å². The standard InChI is InChI=1S/C28H33N5O5/c1-16-9-14-21(29-15-16)30-26(35)24-23(22-19(28(37)33(4)5)7-6-8-20(22)38-24)31-25(34)17-10-12-18(13-11-17)27(36)32(2)3/h6-9,14-15,17-18H,10-13H2,1-5H3,(H,31,34)(H,29,30,35). The quantitative estimate of drug-likeness (QED) is 0.509. The second-order valence-electron chi connectivity index (χ2n) is 10.1. The van der Waals surface area contributed by atoms with Crippen molar-refractivity contribution < 1.29 is 23.6 Å². The highest BCUT2D eigenvalue weighted by Gasteiger charge is 2.33. The molecule has 0 aliphatic heterocycles. The van der Waals surface area contributed by atoms with Crippen LogP contribution >= 0.6 is 0 Å². The first kappa shape index (κ1) is 26.8.